The summed E-state index contributed by atoms with van der Waals surface area (Å²) < 4.78 is 0. The second kappa shape index (κ2) is 7.85. The van der Waals surface area contributed by atoms with Gasteiger partial charge in [-0.2, -0.15) is 0 Å². The van der Waals surface area contributed by atoms with E-state index in [1.807, 2.05) is 25.1 Å². The fourth-order valence-electron chi connectivity index (χ4n) is 2.53. The van der Waals surface area contributed by atoms with Gasteiger partial charge < -0.3 is 10.6 Å². The second-order valence-electron chi connectivity index (χ2n) is 5.81. The van der Waals surface area contributed by atoms with Crippen molar-refractivity contribution in [1.29, 1.82) is 0 Å². The first-order valence-corrected chi connectivity index (χ1v) is 8.45. The predicted octanol–water partition coefficient (Wildman–Crippen LogP) is 5.15. The van der Waals surface area contributed by atoms with Crippen molar-refractivity contribution in [2.75, 3.05) is 10.6 Å². The quantitative estimate of drug-likeness (QED) is 0.672. The van der Waals surface area contributed by atoms with Crippen LogP contribution in [0.2, 0.25) is 5.02 Å². The molecule has 0 saturated heterocycles. The molecule has 2 N–H and O–H groups in total. The molecule has 0 aliphatic rings. The van der Waals surface area contributed by atoms with Crippen LogP contribution >= 0.6 is 11.6 Å². The van der Waals surface area contributed by atoms with Gasteiger partial charge in [0.2, 0.25) is 0 Å². The van der Waals surface area contributed by atoms with E-state index in [2.05, 4.69) is 10.6 Å². The number of rotatable bonds is 4. The topological polar surface area (TPSA) is 58.2 Å². The first kappa shape index (κ1) is 17.7. The Kier molecular flexibility index (Phi) is 5.34. The summed E-state index contributed by atoms with van der Waals surface area (Å²) in [5, 5.41) is 6.16. The van der Waals surface area contributed by atoms with Crippen molar-refractivity contribution in [2.24, 2.45) is 0 Å². The molecule has 0 atom stereocenters. The highest BCUT2D eigenvalue weighted by Crippen LogP contribution is 2.18. The van der Waals surface area contributed by atoms with Crippen LogP contribution in [0, 0.1) is 6.92 Å². The van der Waals surface area contributed by atoms with E-state index in [4.69, 9.17) is 11.6 Å². The van der Waals surface area contributed by atoms with Crippen LogP contribution in [0.25, 0.3) is 0 Å². The molecular weight excluding hydrogens is 348 g/mol. The summed E-state index contributed by atoms with van der Waals surface area (Å²) in [6.07, 6.45) is 0. The lowest BCUT2D eigenvalue weighted by atomic mass is 10.1. The van der Waals surface area contributed by atoms with Crippen molar-refractivity contribution < 1.29 is 9.59 Å². The van der Waals surface area contributed by atoms with Crippen LogP contribution in [0.15, 0.2) is 72.8 Å². The number of aryl methyl sites for hydroxylation is 1. The number of amides is 2. The molecule has 0 aliphatic carbocycles. The number of carbonyl (C=O) groups is 2. The maximum atomic E-state index is 12.4. The molecule has 5 heteroatoms. The predicted molar refractivity (Wildman–Crippen MR) is 105 cm³/mol. The average molecular weight is 365 g/mol. The molecule has 0 aromatic heterocycles. The van der Waals surface area contributed by atoms with Crippen LogP contribution in [0.4, 0.5) is 11.4 Å². The first-order chi connectivity index (χ1) is 12.5. The summed E-state index contributed by atoms with van der Waals surface area (Å²) in [7, 11) is 0. The van der Waals surface area contributed by atoms with E-state index in [9.17, 15) is 9.59 Å². The summed E-state index contributed by atoms with van der Waals surface area (Å²) in [5.74, 6) is -0.491. The normalized spacial score (nSPS) is 10.2. The van der Waals surface area contributed by atoms with Gasteiger partial charge >= 0.3 is 0 Å². The van der Waals surface area contributed by atoms with Gasteiger partial charge in [-0.1, -0.05) is 41.9 Å². The molecule has 4 nitrogen and oxygen atoms in total. The molecule has 0 spiro atoms. The Morgan fingerprint density at radius 1 is 0.769 bits per heavy atom. The highest BCUT2D eigenvalue weighted by molar-refractivity contribution is 6.31. The summed E-state index contributed by atoms with van der Waals surface area (Å²) in [4.78, 5) is 24.8. The van der Waals surface area contributed by atoms with Gasteiger partial charge in [0.25, 0.3) is 11.8 Å². The zero-order chi connectivity index (χ0) is 18.5. The van der Waals surface area contributed by atoms with Gasteiger partial charge in [-0.15, -0.1) is 0 Å². The average Bonchev–Trinajstić information content (AvgIpc) is 2.62. The number of halogens is 1. The molecule has 0 bridgehead atoms. The minimum absolute atomic E-state index is 0.213. The number of nitrogens with one attached hydrogen (secondary N) is 2. The molecule has 0 radical (unpaired) electrons. The minimum Gasteiger partial charge on any atom is -0.322 e. The Hall–Kier alpha value is -3.11. The summed E-state index contributed by atoms with van der Waals surface area (Å²) in [5.41, 5.74) is 3.09. The molecule has 0 fully saturated rings. The summed E-state index contributed by atoms with van der Waals surface area (Å²) in [6, 6.07) is 21.0. The highest BCUT2D eigenvalue weighted by Gasteiger charge is 2.11. The molecular formula is C21H17ClN2O2. The second-order valence-corrected chi connectivity index (χ2v) is 6.25. The molecule has 3 rings (SSSR count). The number of hydrogen-bond donors (Lipinski definition) is 2. The van der Waals surface area contributed by atoms with Crippen LogP contribution in [0.1, 0.15) is 26.3 Å². The van der Waals surface area contributed by atoms with E-state index in [-0.39, 0.29) is 11.8 Å². The van der Waals surface area contributed by atoms with Crippen molar-refractivity contribution in [3.63, 3.8) is 0 Å². The molecule has 2 amide bonds. The Morgan fingerprint density at radius 3 is 2.15 bits per heavy atom. The smallest absolute Gasteiger partial charge is 0.255 e. The third-order valence-corrected chi connectivity index (χ3v) is 4.09. The third-order valence-electron chi connectivity index (χ3n) is 3.85. The van der Waals surface area contributed by atoms with Gasteiger partial charge in [-0.25, -0.2) is 0 Å². The van der Waals surface area contributed by atoms with Crippen molar-refractivity contribution in [2.45, 2.75) is 6.92 Å². The maximum absolute atomic E-state index is 12.4. The van der Waals surface area contributed by atoms with Crippen molar-refractivity contribution in [3.8, 4) is 0 Å². The fourth-order valence-corrected chi connectivity index (χ4v) is 2.72. The number of carbonyl (C=O) groups excluding carboxylic acids is 2. The van der Waals surface area contributed by atoms with Crippen molar-refractivity contribution >= 4 is 34.8 Å². The monoisotopic (exact) mass is 364 g/mol. The number of benzene rings is 3. The van der Waals surface area contributed by atoms with Gasteiger partial charge in [0.05, 0.1) is 0 Å². The van der Waals surface area contributed by atoms with Gasteiger partial charge in [0.15, 0.2) is 0 Å². The van der Waals surface area contributed by atoms with Gasteiger partial charge in [0, 0.05) is 27.5 Å². The van der Waals surface area contributed by atoms with Crippen LogP contribution in [-0.2, 0) is 0 Å². The zero-order valence-corrected chi connectivity index (χ0v) is 14.9. The van der Waals surface area contributed by atoms with Crippen LogP contribution in [0.5, 0.6) is 0 Å². The van der Waals surface area contributed by atoms with Crippen molar-refractivity contribution in [3.05, 3.63) is 94.5 Å². The lowest BCUT2D eigenvalue weighted by Gasteiger charge is -2.10. The van der Waals surface area contributed by atoms with Crippen molar-refractivity contribution in [1.82, 2.24) is 0 Å². The molecule has 0 aliphatic heterocycles. The Bertz CT molecular complexity index is 969. The van der Waals surface area contributed by atoms with Gasteiger partial charge in [-0.3, -0.25) is 9.59 Å². The van der Waals surface area contributed by atoms with E-state index in [0.29, 0.717) is 27.5 Å². The number of anilines is 2. The minimum atomic E-state index is -0.278. The van der Waals surface area contributed by atoms with Crippen LogP contribution < -0.4 is 10.6 Å². The summed E-state index contributed by atoms with van der Waals surface area (Å²) in [6.45, 7) is 1.88. The van der Waals surface area contributed by atoms with E-state index in [1.54, 1.807) is 54.6 Å². The van der Waals surface area contributed by atoms with E-state index < -0.39 is 0 Å². The van der Waals surface area contributed by atoms with Gasteiger partial charge in [0.1, 0.15) is 0 Å². The molecule has 0 unspecified atom stereocenters. The fraction of sp³-hybridized carbons (Fsp3) is 0.0476. The Morgan fingerprint density at radius 2 is 1.42 bits per heavy atom. The third kappa shape index (κ3) is 4.29. The molecule has 130 valence electrons. The Balaban J connectivity index is 1.74. The maximum Gasteiger partial charge on any atom is 0.255 e. The summed E-state index contributed by atoms with van der Waals surface area (Å²) >= 11 is 5.93. The lowest BCUT2D eigenvalue weighted by molar-refractivity contribution is 0.101. The van der Waals surface area contributed by atoms with Gasteiger partial charge in [-0.05, 0) is 55.0 Å². The molecule has 0 saturated carbocycles. The van der Waals surface area contributed by atoms with E-state index >= 15 is 0 Å². The van der Waals surface area contributed by atoms with Crippen LogP contribution in [-0.4, -0.2) is 11.8 Å². The zero-order valence-electron chi connectivity index (χ0n) is 14.1. The van der Waals surface area contributed by atoms with E-state index in [1.165, 1.54) is 0 Å². The SMILES string of the molecule is Cc1ccccc1C(=O)Nc1cccc(C(=O)Nc2cccc(Cl)c2)c1. The molecule has 3 aromatic rings. The van der Waals surface area contributed by atoms with E-state index in [0.717, 1.165) is 5.56 Å². The molecule has 26 heavy (non-hydrogen) atoms. The molecule has 3 aromatic carbocycles. The lowest BCUT2D eigenvalue weighted by Crippen LogP contribution is -2.15. The Labute approximate surface area is 156 Å². The molecule has 0 heterocycles. The highest BCUT2D eigenvalue weighted by atomic mass is 35.5. The largest absolute Gasteiger partial charge is 0.322 e. The number of hydrogen-bond acceptors (Lipinski definition) is 2. The first-order valence-electron chi connectivity index (χ1n) is 8.07. The van der Waals surface area contributed by atoms with Crippen LogP contribution in [0.3, 0.4) is 0 Å². The standard InChI is InChI=1S/C21H17ClN2O2/c1-14-6-2-3-11-19(14)21(26)24-17-9-4-7-15(12-17)20(25)23-18-10-5-8-16(22)13-18/h2-13H,1H3,(H,23,25)(H,24,26).